The second-order valence-corrected chi connectivity index (χ2v) is 5.52. The fourth-order valence-corrected chi connectivity index (χ4v) is 2.66. The maximum atomic E-state index is 6.27. The van der Waals surface area contributed by atoms with Crippen LogP contribution in [-0.2, 0) is 0 Å². The van der Waals surface area contributed by atoms with Crippen LogP contribution in [-0.4, -0.2) is 12.1 Å². The number of halogens is 2. The van der Waals surface area contributed by atoms with Gasteiger partial charge in [-0.3, -0.25) is 0 Å². The average molecular weight is 334 g/mol. The summed E-state index contributed by atoms with van der Waals surface area (Å²) in [5.74, 6) is 1.06. The molecule has 0 aliphatic heterocycles. The van der Waals surface area contributed by atoms with Crippen molar-refractivity contribution in [3.63, 3.8) is 0 Å². The van der Waals surface area contributed by atoms with Crippen LogP contribution in [0.1, 0.15) is 12.5 Å². The van der Waals surface area contributed by atoms with Gasteiger partial charge in [0, 0.05) is 22.7 Å². The van der Waals surface area contributed by atoms with Crippen molar-refractivity contribution in [1.29, 1.82) is 0 Å². The smallest absolute Gasteiger partial charge is 0.227 e. The van der Waals surface area contributed by atoms with Crippen LogP contribution in [0.2, 0.25) is 10.0 Å². The van der Waals surface area contributed by atoms with E-state index in [0.29, 0.717) is 32.8 Å². The van der Waals surface area contributed by atoms with Crippen molar-refractivity contribution in [1.82, 2.24) is 4.98 Å². The van der Waals surface area contributed by atoms with Crippen LogP contribution in [0.3, 0.4) is 0 Å². The zero-order valence-corrected chi connectivity index (χ0v) is 13.6. The number of ether oxygens (including phenoxy) is 1. The highest BCUT2D eigenvalue weighted by Crippen LogP contribution is 2.33. The van der Waals surface area contributed by atoms with Gasteiger partial charge >= 0.3 is 0 Å². The Morgan fingerprint density at radius 3 is 2.64 bits per heavy atom. The SMILES string of the molecule is C/C=C/c1ccc(-c2nc3cc(OC)c(Cl)cc3o2)cc1Cl. The van der Waals surface area contributed by atoms with E-state index in [-0.39, 0.29) is 0 Å². The van der Waals surface area contributed by atoms with Crippen molar-refractivity contribution in [2.45, 2.75) is 6.92 Å². The lowest BCUT2D eigenvalue weighted by Gasteiger charge is -2.00. The van der Waals surface area contributed by atoms with Crippen molar-refractivity contribution in [2.75, 3.05) is 7.11 Å². The van der Waals surface area contributed by atoms with Crippen LogP contribution in [0.5, 0.6) is 5.75 Å². The van der Waals surface area contributed by atoms with Crippen molar-refractivity contribution in [2.24, 2.45) is 0 Å². The molecule has 0 amide bonds. The lowest BCUT2D eigenvalue weighted by molar-refractivity contribution is 0.415. The minimum atomic E-state index is 0.485. The van der Waals surface area contributed by atoms with Crippen LogP contribution in [0.25, 0.3) is 28.6 Å². The van der Waals surface area contributed by atoms with Crippen LogP contribution < -0.4 is 4.74 Å². The first-order valence-electron chi connectivity index (χ1n) is 6.69. The molecule has 1 aromatic heterocycles. The molecule has 5 heteroatoms. The Kier molecular flexibility index (Phi) is 4.10. The first kappa shape index (κ1) is 14.9. The molecule has 0 bridgehead atoms. The molecule has 0 atom stereocenters. The van der Waals surface area contributed by atoms with E-state index in [2.05, 4.69) is 4.98 Å². The molecule has 0 N–H and O–H groups in total. The molecule has 2 aromatic carbocycles. The normalized spacial score (nSPS) is 11.5. The zero-order chi connectivity index (χ0) is 15.7. The van der Waals surface area contributed by atoms with E-state index in [1.54, 1.807) is 19.2 Å². The van der Waals surface area contributed by atoms with Gasteiger partial charge in [0.1, 0.15) is 11.3 Å². The summed E-state index contributed by atoms with van der Waals surface area (Å²) in [5, 5.41) is 1.13. The van der Waals surface area contributed by atoms with Crippen LogP contribution in [0, 0.1) is 0 Å². The number of benzene rings is 2. The third kappa shape index (κ3) is 2.70. The number of rotatable bonds is 3. The largest absolute Gasteiger partial charge is 0.495 e. The molecule has 0 saturated carbocycles. The molecule has 3 aromatic rings. The van der Waals surface area contributed by atoms with Gasteiger partial charge in [-0.1, -0.05) is 41.4 Å². The predicted molar refractivity (Wildman–Crippen MR) is 90.7 cm³/mol. The molecular weight excluding hydrogens is 321 g/mol. The van der Waals surface area contributed by atoms with Crippen molar-refractivity contribution < 1.29 is 9.15 Å². The molecule has 0 aliphatic rings. The molecule has 0 aliphatic carbocycles. The Hall–Kier alpha value is -1.97. The Bertz CT molecular complexity index is 868. The highest BCUT2D eigenvalue weighted by molar-refractivity contribution is 6.33. The van der Waals surface area contributed by atoms with E-state index in [1.807, 2.05) is 37.3 Å². The molecule has 0 spiro atoms. The first-order valence-corrected chi connectivity index (χ1v) is 7.44. The molecule has 22 heavy (non-hydrogen) atoms. The third-order valence-electron chi connectivity index (χ3n) is 3.26. The van der Waals surface area contributed by atoms with Gasteiger partial charge in [0.25, 0.3) is 0 Å². The fraction of sp³-hybridized carbons (Fsp3) is 0.118. The molecule has 0 radical (unpaired) electrons. The fourth-order valence-electron chi connectivity index (χ4n) is 2.18. The monoisotopic (exact) mass is 333 g/mol. The molecule has 0 unspecified atom stereocenters. The molecule has 3 nitrogen and oxygen atoms in total. The number of aromatic nitrogens is 1. The Morgan fingerprint density at radius 1 is 1.14 bits per heavy atom. The number of methoxy groups -OCH3 is 1. The molecule has 0 fully saturated rings. The number of hydrogen-bond acceptors (Lipinski definition) is 3. The van der Waals surface area contributed by atoms with Gasteiger partial charge in [-0.05, 0) is 24.6 Å². The van der Waals surface area contributed by atoms with Gasteiger partial charge in [-0.15, -0.1) is 0 Å². The summed E-state index contributed by atoms with van der Waals surface area (Å²) in [6, 6.07) is 9.13. The maximum Gasteiger partial charge on any atom is 0.227 e. The van der Waals surface area contributed by atoms with E-state index in [9.17, 15) is 0 Å². The van der Waals surface area contributed by atoms with E-state index >= 15 is 0 Å². The van der Waals surface area contributed by atoms with Crippen molar-refractivity contribution in [3.05, 3.63) is 52.0 Å². The standard InChI is InChI=1S/C17H13Cl2NO2/c1-3-4-10-5-6-11(7-12(10)18)17-20-14-9-15(21-2)13(19)8-16(14)22-17/h3-9H,1-2H3/b4-3+. The third-order valence-corrected chi connectivity index (χ3v) is 3.88. The van der Waals surface area contributed by atoms with Gasteiger partial charge in [0.15, 0.2) is 5.58 Å². The molecule has 112 valence electrons. The second-order valence-electron chi connectivity index (χ2n) is 4.71. The quantitative estimate of drug-likeness (QED) is 0.603. The predicted octanol–water partition coefficient (Wildman–Crippen LogP) is 5.84. The molecular formula is C17H13Cl2NO2. The number of allylic oxidation sites excluding steroid dienone is 1. The van der Waals surface area contributed by atoms with E-state index < -0.39 is 0 Å². The summed E-state index contributed by atoms with van der Waals surface area (Å²) in [6.45, 7) is 1.95. The number of nitrogens with zero attached hydrogens (tertiary/aromatic N) is 1. The number of oxazole rings is 1. The van der Waals surface area contributed by atoms with Gasteiger partial charge in [-0.2, -0.15) is 0 Å². The summed E-state index contributed by atoms with van der Waals surface area (Å²) >= 11 is 12.4. The van der Waals surface area contributed by atoms with Crippen LogP contribution in [0.4, 0.5) is 0 Å². The highest BCUT2D eigenvalue weighted by atomic mass is 35.5. The van der Waals surface area contributed by atoms with Crippen molar-refractivity contribution in [3.8, 4) is 17.2 Å². The summed E-state index contributed by atoms with van der Waals surface area (Å²) in [6.07, 6.45) is 3.89. The lowest BCUT2D eigenvalue weighted by atomic mass is 10.1. The van der Waals surface area contributed by atoms with Gasteiger partial charge in [-0.25, -0.2) is 4.98 Å². The molecule has 0 saturated heterocycles. The molecule has 1 heterocycles. The lowest BCUT2D eigenvalue weighted by Crippen LogP contribution is -1.83. The summed E-state index contributed by atoms with van der Waals surface area (Å²) in [4.78, 5) is 4.47. The van der Waals surface area contributed by atoms with E-state index in [1.165, 1.54) is 0 Å². The van der Waals surface area contributed by atoms with Crippen LogP contribution >= 0.6 is 23.2 Å². The van der Waals surface area contributed by atoms with Crippen molar-refractivity contribution >= 4 is 40.4 Å². The van der Waals surface area contributed by atoms with Gasteiger partial charge < -0.3 is 9.15 Å². The van der Waals surface area contributed by atoms with Gasteiger partial charge in [0.05, 0.1) is 12.1 Å². The highest BCUT2D eigenvalue weighted by Gasteiger charge is 2.12. The summed E-state index contributed by atoms with van der Waals surface area (Å²) in [7, 11) is 1.56. The minimum absolute atomic E-state index is 0.485. The summed E-state index contributed by atoms with van der Waals surface area (Å²) in [5.41, 5.74) is 3.05. The Morgan fingerprint density at radius 2 is 1.95 bits per heavy atom. The van der Waals surface area contributed by atoms with E-state index in [0.717, 1.165) is 11.1 Å². The van der Waals surface area contributed by atoms with Crippen LogP contribution in [0.15, 0.2) is 40.8 Å². The first-order chi connectivity index (χ1) is 10.6. The minimum Gasteiger partial charge on any atom is -0.495 e. The average Bonchev–Trinajstić information content (AvgIpc) is 2.91. The maximum absolute atomic E-state index is 6.27. The topological polar surface area (TPSA) is 35.3 Å². The Balaban J connectivity index is 2.08. The second kappa shape index (κ2) is 6.03. The molecule has 3 rings (SSSR count). The number of hydrogen-bond donors (Lipinski definition) is 0. The number of fused-ring (bicyclic) bond motifs is 1. The zero-order valence-electron chi connectivity index (χ0n) is 12.1. The summed E-state index contributed by atoms with van der Waals surface area (Å²) < 4.78 is 10.9. The van der Waals surface area contributed by atoms with Gasteiger partial charge in [0.2, 0.25) is 5.89 Å². The van der Waals surface area contributed by atoms with E-state index in [4.69, 9.17) is 32.4 Å². The Labute approximate surface area is 138 Å².